The van der Waals surface area contributed by atoms with Gasteiger partial charge >= 0.3 is 5.97 Å². The van der Waals surface area contributed by atoms with Crippen LogP contribution in [0.1, 0.15) is 0 Å². The largest absolute Gasteiger partial charge is 0.439 e. The van der Waals surface area contributed by atoms with E-state index in [0.29, 0.717) is 0 Å². The third kappa shape index (κ3) is 0.936. The minimum Gasteiger partial charge on any atom is -0.439 e. The number of alkyl halides is 1. The van der Waals surface area contributed by atoms with Crippen LogP contribution in [0.3, 0.4) is 0 Å². The van der Waals surface area contributed by atoms with Crippen LogP contribution < -0.4 is 0 Å². The van der Waals surface area contributed by atoms with Gasteiger partial charge in [-0.1, -0.05) is 0 Å². The maximum Gasteiger partial charge on any atom is 0.376 e. The quantitative estimate of drug-likeness (QED) is 0.265. The van der Waals surface area contributed by atoms with Crippen LogP contribution in [0.4, 0.5) is 0 Å². The summed E-state index contributed by atoms with van der Waals surface area (Å²) in [7, 11) is 0. The van der Waals surface area contributed by atoms with Crippen molar-refractivity contribution in [3.8, 4) is 0 Å². The number of cyclic esters (lactones) is 1. The number of halogens is 1. The fourth-order valence-corrected chi connectivity index (χ4v) is 0.872. The van der Waals surface area contributed by atoms with E-state index >= 15 is 0 Å². The summed E-state index contributed by atoms with van der Waals surface area (Å²) in [4.78, 5) is 10.3. The van der Waals surface area contributed by atoms with E-state index < -0.39 is 10.3 Å². The van der Waals surface area contributed by atoms with Gasteiger partial charge in [0.25, 0.3) is 4.30 Å². The van der Waals surface area contributed by atoms with Crippen LogP contribution in [0.5, 0.6) is 0 Å². The molecule has 44 valence electrons. The summed E-state index contributed by atoms with van der Waals surface area (Å²) in [5, 5.41) is 0. The number of hydrogen-bond donors (Lipinski definition) is 0. The van der Waals surface area contributed by atoms with Gasteiger partial charge in [0.05, 0.1) is 0 Å². The van der Waals surface area contributed by atoms with Crippen LogP contribution in [-0.4, -0.2) is 10.3 Å². The third-order valence-corrected chi connectivity index (χ3v) is 1.17. The van der Waals surface area contributed by atoms with Gasteiger partial charge in [0.1, 0.15) is 0 Å². The Balaban J connectivity index is 2.64. The highest BCUT2D eigenvalue weighted by atomic mass is 127. The molecule has 0 saturated carbocycles. The fourth-order valence-electron chi connectivity index (χ4n) is 0.334. The Bertz CT molecular complexity index is 126. The van der Waals surface area contributed by atoms with Crippen molar-refractivity contribution in [3.05, 3.63) is 12.3 Å². The topological polar surface area (TPSA) is 35.5 Å². The van der Waals surface area contributed by atoms with Crippen molar-refractivity contribution >= 4 is 28.6 Å². The van der Waals surface area contributed by atoms with Crippen molar-refractivity contribution in [3.63, 3.8) is 0 Å². The summed E-state index contributed by atoms with van der Waals surface area (Å²) in [5.74, 6) is -0.381. The molecule has 4 heteroatoms. The summed E-state index contributed by atoms with van der Waals surface area (Å²) in [6.45, 7) is 3.28. The molecule has 8 heavy (non-hydrogen) atoms. The highest BCUT2D eigenvalue weighted by Crippen LogP contribution is 2.18. The summed E-state index contributed by atoms with van der Waals surface area (Å²) >= 11 is 1.84. The van der Waals surface area contributed by atoms with E-state index in [1.807, 2.05) is 22.6 Å². The molecular formula is C4H3IO3. The van der Waals surface area contributed by atoms with Gasteiger partial charge in [-0.05, 0) is 6.58 Å². The summed E-state index contributed by atoms with van der Waals surface area (Å²) in [6.07, 6.45) is 0. The van der Waals surface area contributed by atoms with Crippen molar-refractivity contribution in [1.82, 2.24) is 0 Å². The molecule has 0 radical (unpaired) electrons. The molecule has 1 atom stereocenters. The standard InChI is InChI=1S/C4H3IO3/c1-2-3(6)8-4(5)7-2/h4H,1H2. The minimum atomic E-state index is -0.479. The van der Waals surface area contributed by atoms with Crippen LogP contribution in [0.2, 0.25) is 0 Å². The van der Waals surface area contributed by atoms with Crippen molar-refractivity contribution in [2.45, 2.75) is 4.30 Å². The van der Waals surface area contributed by atoms with Crippen LogP contribution >= 0.6 is 22.6 Å². The van der Waals surface area contributed by atoms with Crippen molar-refractivity contribution in [2.24, 2.45) is 0 Å². The summed E-state index contributed by atoms with van der Waals surface area (Å²) in [6, 6.07) is 0. The van der Waals surface area contributed by atoms with Crippen LogP contribution in [0.25, 0.3) is 0 Å². The van der Waals surface area contributed by atoms with Crippen LogP contribution in [0.15, 0.2) is 12.3 Å². The maximum absolute atomic E-state index is 10.3. The molecule has 0 spiro atoms. The number of carbonyl (C=O) groups is 1. The molecule has 1 heterocycles. The smallest absolute Gasteiger partial charge is 0.376 e. The molecule has 0 aromatic heterocycles. The zero-order chi connectivity index (χ0) is 6.15. The fraction of sp³-hybridized carbons (Fsp3) is 0.250. The molecule has 0 aromatic carbocycles. The van der Waals surface area contributed by atoms with Gasteiger partial charge in [0.2, 0.25) is 5.76 Å². The number of esters is 1. The molecule has 0 aliphatic carbocycles. The second-order valence-electron chi connectivity index (χ2n) is 1.22. The molecule has 1 fully saturated rings. The Morgan fingerprint density at radius 2 is 2.25 bits per heavy atom. The average Bonchev–Trinajstić information content (AvgIpc) is 1.85. The normalized spacial score (nSPS) is 27.4. The second kappa shape index (κ2) is 1.93. The Kier molecular flexibility index (Phi) is 1.41. The van der Waals surface area contributed by atoms with E-state index in [-0.39, 0.29) is 5.76 Å². The van der Waals surface area contributed by atoms with Gasteiger partial charge < -0.3 is 9.47 Å². The number of ether oxygens (including phenoxy) is 2. The molecular weight excluding hydrogens is 223 g/mol. The van der Waals surface area contributed by atoms with E-state index in [2.05, 4.69) is 11.3 Å². The highest BCUT2D eigenvalue weighted by Gasteiger charge is 2.25. The van der Waals surface area contributed by atoms with E-state index in [1.165, 1.54) is 0 Å². The first-order valence-corrected chi connectivity index (χ1v) is 3.15. The van der Waals surface area contributed by atoms with Crippen molar-refractivity contribution in [2.75, 3.05) is 0 Å². The van der Waals surface area contributed by atoms with Gasteiger partial charge in [0, 0.05) is 22.6 Å². The van der Waals surface area contributed by atoms with E-state index in [4.69, 9.17) is 4.74 Å². The molecule has 1 aliphatic rings. The van der Waals surface area contributed by atoms with Gasteiger partial charge in [-0.3, -0.25) is 0 Å². The van der Waals surface area contributed by atoms with Gasteiger partial charge in [-0.2, -0.15) is 0 Å². The SMILES string of the molecule is C=C1OC(I)OC1=O. The van der Waals surface area contributed by atoms with E-state index in [0.717, 1.165) is 0 Å². The molecule has 3 nitrogen and oxygen atoms in total. The molecule has 0 amide bonds. The number of hydrogen-bond acceptors (Lipinski definition) is 3. The molecule has 1 rings (SSSR count). The van der Waals surface area contributed by atoms with Crippen molar-refractivity contribution < 1.29 is 14.3 Å². The first-order valence-electron chi connectivity index (χ1n) is 1.91. The first kappa shape index (κ1) is 5.87. The first-order chi connectivity index (χ1) is 3.70. The maximum atomic E-state index is 10.3. The lowest BCUT2D eigenvalue weighted by molar-refractivity contribution is -0.136. The van der Waals surface area contributed by atoms with Crippen molar-refractivity contribution in [1.29, 1.82) is 0 Å². The number of rotatable bonds is 0. The third-order valence-electron chi connectivity index (χ3n) is 0.662. The van der Waals surface area contributed by atoms with E-state index in [9.17, 15) is 4.79 Å². The zero-order valence-electron chi connectivity index (χ0n) is 3.89. The number of carbonyl (C=O) groups excluding carboxylic acids is 1. The zero-order valence-corrected chi connectivity index (χ0v) is 6.04. The Labute approximate surface area is 59.8 Å². The molecule has 1 aliphatic heterocycles. The van der Waals surface area contributed by atoms with E-state index in [1.54, 1.807) is 0 Å². The predicted molar refractivity (Wildman–Crippen MR) is 34.1 cm³/mol. The Morgan fingerprint density at radius 1 is 1.62 bits per heavy atom. The van der Waals surface area contributed by atoms with Gasteiger partial charge in [-0.25, -0.2) is 4.79 Å². The average molecular weight is 226 g/mol. The molecule has 0 N–H and O–H groups in total. The predicted octanol–water partition coefficient (Wildman–Crippen LogP) is 0.792. The lowest BCUT2D eigenvalue weighted by Gasteiger charge is -1.93. The Morgan fingerprint density at radius 3 is 2.38 bits per heavy atom. The summed E-state index contributed by atoms with van der Waals surface area (Å²) in [5.41, 5.74) is 0. The summed E-state index contributed by atoms with van der Waals surface area (Å²) < 4.78 is 8.71. The molecule has 0 aromatic rings. The van der Waals surface area contributed by atoms with Crippen LogP contribution in [0, 0.1) is 0 Å². The minimum absolute atomic E-state index is 0.0874. The molecule has 0 bridgehead atoms. The molecule has 1 saturated heterocycles. The van der Waals surface area contributed by atoms with Gasteiger partial charge in [0.15, 0.2) is 0 Å². The highest BCUT2D eigenvalue weighted by molar-refractivity contribution is 14.1. The lowest BCUT2D eigenvalue weighted by Crippen LogP contribution is -1.96. The lowest BCUT2D eigenvalue weighted by atomic mass is 10.6. The van der Waals surface area contributed by atoms with Gasteiger partial charge in [-0.15, -0.1) is 0 Å². The monoisotopic (exact) mass is 226 g/mol. The molecule has 1 unspecified atom stereocenters. The van der Waals surface area contributed by atoms with Crippen LogP contribution in [-0.2, 0) is 14.3 Å². The second-order valence-corrected chi connectivity index (χ2v) is 2.24. The Hall–Kier alpha value is -0.260.